The molecule has 5 heteroatoms. The van der Waals surface area contributed by atoms with E-state index < -0.39 is 0 Å². The van der Waals surface area contributed by atoms with Gasteiger partial charge in [0.2, 0.25) is 0 Å². The van der Waals surface area contributed by atoms with Crippen LogP contribution in [0.1, 0.15) is 10.6 Å². The van der Waals surface area contributed by atoms with Crippen LogP contribution in [-0.2, 0) is 6.42 Å². The minimum absolute atomic E-state index is 0.691. The Bertz CT molecular complexity index is 462. The zero-order valence-corrected chi connectivity index (χ0v) is 11.5. The van der Waals surface area contributed by atoms with Crippen LogP contribution in [0.2, 0.25) is 0 Å². The number of hydrogen-bond donors (Lipinski definition) is 1. The average molecular weight is 303 g/mol. The summed E-state index contributed by atoms with van der Waals surface area (Å²) in [4.78, 5) is 7.09. The van der Waals surface area contributed by atoms with Crippen LogP contribution in [0.3, 0.4) is 0 Å². The van der Waals surface area contributed by atoms with Crippen LogP contribution >= 0.6 is 38.6 Å². The third-order valence-electron chi connectivity index (χ3n) is 2.04. The molecule has 2 heterocycles. The fourth-order valence-electron chi connectivity index (χ4n) is 1.32. The van der Waals surface area contributed by atoms with E-state index >= 15 is 0 Å². The molecule has 0 saturated heterocycles. The summed E-state index contributed by atoms with van der Waals surface area (Å²) < 4.78 is 1.12. The molecular formula is C10H11BrN2S2. The van der Waals surface area contributed by atoms with Crippen molar-refractivity contribution in [3.8, 4) is 9.88 Å². The van der Waals surface area contributed by atoms with Crippen molar-refractivity contribution in [3.05, 3.63) is 26.5 Å². The van der Waals surface area contributed by atoms with Gasteiger partial charge in [-0.3, -0.25) is 0 Å². The second kappa shape index (κ2) is 4.74. The first kappa shape index (κ1) is 11.3. The topological polar surface area (TPSA) is 38.9 Å². The van der Waals surface area contributed by atoms with E-state index in [9.17, 15) is 0 Å². The summed E-state index contributed by atoms with van der Waals surface area (Å²) in [5, 5.41) is 3.18. The first-order valence-electron chi connectivity index (χ1n) is 4.61. The lowest BCUT2D eigenvalue weighted by atomic mass is 10.3. The Kier molecular flexibility index (Phi) is 3.56. The smallest absolute Gasteiger partial charge is 0.133 e. The van der Waals surface area contributed by atoms with Crippen molar-refractivity contribution in [1.82, 2.24) is 4.98 Å². The molecule has 2 N–H and O–H groups in total. The highest BCUT2D eigenvalue weighted by Crippen LogP contribution is 2.34. The number of nitrogens with two attached hydrogens (primary N) is 1. The molecule has 2 rings (SSSR count). The number of aryl methyl sites for hydroxylation is 1. The van der Waals surface area contributed by atoms with Crippen LogP contribution in [0.5, 0.6) is 0 Å². The molecule has 0 fully saturated rings. The monoisotopic (exact) mass is 302 g/mol. The van der Waals surface area contributed by atoms with E-state index in [-0.39, 0.29) is 0 Å². The summed E-state index contributed by atoms with van der Waals surface area (Å²) >= 11 is 6.91. The van der Waals surface area contributed by atoms with E-state index in [1.807, 2.05) is 6.92 Å². The zero-order valence-electron chi connectivity index (χ0n) is 8.29. The molecule has 0 saturated carbocycles. The number of halogens is 1. The maximum atomic E-state index is 5.56. The molecule has 2 nitrogen and oxygen atoms in total. The number of rotatable bonds is 3. The SMILES string of the molecule is Cc1nc(-c2cc(Br)cs2)sc1CCN. The van der Waals surface area contributed by atoms with Crippen molar-refractivity contribution in [1.29, 1.82) is 0 Å². The predicted octanol–water partition coefficient (Wildman–Crippen LogP) is 3.44. The van der Waals surface area contributed by atoms with E-state index in [1.165, 1.54) is 9.75 Å². The molecule has 0 atom stereocenters. The van der Waals surface area contributed by atoms with Crippen molar-refractivity contribution in [2.75, 3.05) is 6.54 Å². The molecule has 0 radical (unpaired) electrons. The fourth-order valence-corrected chi connectivity index (χ4v) is 3.89. The molecule has 0 aliphatic rings. The Balaban J connectivity index is 2.33. The molecule has 0 unspecified atom stereocenters. The standard InChI is InChI=1S/C10H11BrN2S2/c1-6-8(2-3-12)15-10(13-6)9-4-7(11)5-14-9/h4-5H,2-3,12H2,1H3. The van der Waals surface area contributed by atoms with Gasteiger partial charge < -0.3 is 5.73 Å². The van der Waals surface area contributed by atoms with Crippen molar-refractivity contribution in [2.45, 2.75) is 13.3 Å². The fraction of sp³-hybridized carbons (Fsp3) is 0.300. The van der Waals surface area contributed by atoms with Gasteiger partial charge in [0.15, 0.2) is 0 Å². The van der Waals surface area contributed by atoms with Crippen molar-refractivity contribution in [3.63, 3.8) is 0 Å². The molecule has 15 heavy (non-hydrogen) atoms. The van der Waals surface area contributed by atoms with Gasteiger partial charge in [0.25, 0.3) is 0 Å². The van der Waals surface area contributed by atoms with Crippen LogP contribution in [0.25, 0.3) is 9.88 Å². The van der Waals surface area contributed by atoms with E-state index in [0.717, 1.165) is 21.6 Å². The molecule has 0 amide bonds. The van der Waals surface area contributed by atoms with Gasteiger partial charge in [-0.25, -0.2) is 4.98 Å². The summed E-state index contributed by atoms with van der Waals surface area (Å²) in [5.74, 6) is 0. The zero-order chi connectivity index (χ0) is 10.8. The summed E-state index contributed by atoms with van der Waals surface area (Å²) in [5.41, 5.74) is 6.67. The average Bonchev–Trinajstić information content (AvgIpc) is 2.75. The molecule has 0 aliphatic carbocycles. The maximum Gasteiger partial charge on any atom is 0.133 e. The van der Waals surface area contributed by atoms with Crippen molar-refractivity contribution < 1.29 is 0 Å². The number of aromatic nitrogens is 1. The first-order chi connectivity index (χ1) is 7.20. The van der Waals surface area contributed by atoms with Crippen LogP contribution in [0.15, 0.2) is 15.9 Å². The highest BCUT2D eigenvalue weighted by atomic mass is 79.9. The lowest BCUT2D eigenvalue weighted by molar-refractivity contribution is 0.970. The van der Waals surface area contributed by atoms with Crippen molar-refractivity contribution in [2.24, 2.45) is 5.73 Å². The maximum absolute atomic E-state index is 5.56. The second-order valence-corrected chi connectivity index (χ2v) is 6.11. The highest BCUT2D eigenvalue weighted by Gasteiger charge is 2.10. The van der Waals surface area contributed by atoms with Gasteiger partial charge >= 0.3 is 0 Å². The molecule has 0 aliphatic heterocycles. The summed E-state index contributed by atoms with van der Waals surface area (Å²) in [7, 11) is 0. The molecule has 2 aromatic heterocycles. The van der Waals surface area contributed by atoms with E-state index in [1.54, 1.807) is 22.7 Å². The van der Waals surface area contributed by atoms with Crippen LogP contribution in [-0.4, -0.2) is 11.5 Å². The third kappa shape index (κ3) is 2.47. The highest BCUT2D eigenvalue weighted by molar-refractivity contribution is 9.10. The predicted molar refractivity (Wildman–Crippen MR) is 70.6 cm³/mol. The molecule has 0 spiro atoms. The largest absolute Gasteiger partial charge is 0.330 e. The van der Waals surface area contributed by atoms with Gasteiger partial charge in [-0.2, -0.15) is 0 Å². The lowest BCUT2D eigenvalue weighted by Gasteiger charge is -1.90. The van der Waals surface area contributed by atoms with Gasteiger partial charge in [0, 0.05) is 14.7 Å². The van der Waals surface area contributed by atoms with Crippen LogP contribution in [0.4, 0.5) is 0 Å². The Labute approximate surface area is 105 Å². The van der Waals surface area contributed by atoms with Gasteiger partial charge in [-0.15, -0.1) is 22.7 Å². The van der Waals surface area contributed by atoms with Gasteiger partial charge in [0.05, 0.1) is 10.6 Å². The van der Waals surface area contributed by atoms with E-state index in [4.69, 9.17) is 5.73 Å². The first-order valence-corrected chi connectivity index (χ1v) is 7.10. The molecular weight excluding hydrogens is 292 g/mol. The normalized spacial score (nSPS) is 10.9. The molecule has 2 aromatic rings. The molecule has 0 bridgehead atoms. The van der Waals surface area contributed by atoms with Crippen LogP contribution in [0, 0.1) is 6.92 Å². The minimum atomic E-state index is 0.691. The summed E-state index contributed by atoms with van der Waals surface area (Å²) in [6, 6.07) is 2.11. The Morgan fingerprint density at radius 3 is 2.93 bits per heavy atom. The van der Waals surface area contributed by atoms with Gasteiger partial charge in [0.1, 0.15) is 5.01 Å². The van der Waals surface area contributed by atoms with Gasteiger partial charge in [-0.05, 0) is 41.9 Å². The number of nitrogens with zero attached hydrogens (tertiary/aromatic N) is 1. The summed E-state index contributed by atoms with van der Waals surface area (Å²) in [6.45, 7) is 2.74. The number of thiophene rings is 1. The minimum Gasteiger partial charge on any atom is -0.330 e. The molecule has 0 aromatic carbocycles. The Morgan fingerprint density at radius 2 is 2.33 bits per heavy atom. The Morgan fingerprint density at radius 1 is 1.53 bits per heavy atom. The summed E-state index contributed by atoms with van der Waals surface area (Å²) in [6.07, 6.45) is 0.927. The number of hydrogen-bond acceptors (Lipinski definition) is 4. The van der Waals surface area contributed by atoms with Crippen LogP contribution < -0.4 is 5.73 Å². The third-order valence-corrected chi connectivity index (χ3v) is 5.12. The second-order valence-electron chi connectivity index (χ2n) is 3.20. The quantitative estimate of drug-likeness (QED) is 0.943. The number of thiazole rings is 1. The Hall–Kier alpha value is -0.230. The van der Waals surface area contributed by atoms with E-state index in [2.05, 4.69) is 32.4 Å². The van der Waals surface area contributed by atoms with Gasteiger partial charge in [-0.1, -0.05) is 0 Å². The van der Waals surface area contributed by atoms with Crippen molar-refractivity contribution >= 4 is 38.6 Å². The molecule has 80 valence electrons. The lowest BCUT2D eigenvalue weighted by Crippen LogP contribution is -2.01. The van der Waals surface area contributed by atoms with E-state index in [0.29, 0.717) is 6.54 Å².